The summed E-state index contributed by atoms with van der Waals surface area (Å²) >= 11 is 1.54. The van der Waals surface area contributed by atoms with Gasteiger partial charge < -0.3 is 9.84 Å². The Balaban J connectivity index is 1.84. The molecule has 1 N–H and O–H groups in total. The lowest BCUT2D eigenvalue weighted by Crippen LogP contribution is -2.32. The van der Waals surface area contributed by atoms with Gasteiger partial charge in [-0.05, 0) is 49.6 Å². The number of aliphatic hydroxyl groups excluding tert-OH is 1. The number of aliphatic hydroxyl groups is 1. The summed E-state index contributed by atoms with van der Waals surface area (Å²) in [7, 11) is 0. The van der Waals surface area contributed by atoms with Crippen LogP contribution in [0.15, 0.2) is 30.5 Å². The van der Waals surface area contributed by atoms with Crippen molar-refractivity contribution in [3.05, 3.63) is 46.5 Å². The van der Waals surface area contributed by atoms with Crippen LogP contribution in [0, 0.1) is 23.7 Å². The first-order valence-electron chi connectivity index (χ1n) is 9.19. The molecule has 1 aromatic carbocycles. The van der Waals surface area contributed by atoms with Gasteiger partial charge in [-0.25, -0.2) is 0 Å². The van der Waals surface area contributed by atoms with Crippen LogP contribution < -0.4 is 4.74 Å². The SMILES string of the molecule is Cc1cc(C#N)cc(-c2ccnc3cc(CO)sc23)c1OCC1(C)CCC1. The third kappa shape index (κ3) is 3.31. The monoisotopic (exact) mass is 378 g/mol. The lowest BCUT2D eigenvalue weighted by Gasteiger charge is -2.38. The quantitative estimate of drug-likeness (QED) is 0.662. The third-order valence-corrected chi connectivity index (χ3v) is 6.58. The zero-order valence-electron chi connectivity index (χ0n) is 15.6. The largest absolute Gasteiger partial charge is 0.492 e. The molecule has 1 aliphatic carbocycles. The fourth-order valence-corrected chi connectivity index (χ4v) is 4.68. The van der Waals surface area contributed by atoms with E-state index in [1.54, 1.807) is 6.20 Å². The summed E-state index contributed by atoms with van der Waals surface area (Å²) in [4.78, 5) is 5.31. The summed E-state index contributed by atoms with van der Waals surface area (Å²) in [5, 5.41) is 19.0. The minimum atomic E-state index is -0.000554. The zero-order valence-corrected chi connectivity index (χ0v) is 16.4. The molecule has 1 saturated carbocycles. The highest BCUT2D eigenvalue weighted by Gasteiger charge is 2.33. The summed E-state index contributed by atoms with van der Waals surface area (Å²) in [6.07, 6.45) is 5.43. The highest BCUT2D eigenvalue weighted by atomic mass is 32.1. The van der Waals surface area contributed by atoms with Crippen LogP contribution in [-0.4, -0.2) is 16.7 Å². The number of thiophene rings is 1. The van der Waals surface area contributed by atoms with Crippen LogP contribution in [0.2, 0.25) is 0 Å². The van der Waals surface area contributed by atoms with Crippen LogP contribution in [0.5, 0.6) is 5.75 Å². The van der Waals surface area contributed by atoms with Crippen molar-refractivity contribution in [3.8, 4) is 22.9 Å². The van der Waals surface area contributed by atoms with Gasteiger partial charge in [0.15, 0.2) is 0 Å². The first-order valence-corrected chi connectivity index (χ1v) is 10.0. The van der Waals surface area contributed by atoms with Gasteiger partial charge in [0.2, 0.25) is 0 Å². The maximum atomic E-state index is 9.50. The Morgan fingerprint density at radius 3 is 2.78 bits per heavy atom. The molecule has 0 bridgehead atoms. The van der Waals surface area contributed by atoms with Gasteiger partial charge in [0.05, 0.1) is 35.1 Å². The summed E-state index contributed by atoms with van der Waals surface area (Å²) in [6.45, 7) is 4.95. The topological polar surface area (TPSA) is 66.1 Å². The van der Waals surface area contributed by atoms with Crippen LogP contribution in [0.4, 0.5) is 0 Å². The average Bonchev–Trinajstić information content (AvgIpc) is 3.08. The van der Waals surface area contributed by atoms with E-state index in [0.717, 1.165) is 37.5 Å². The normalized spacial score (nSPS) is 15.3. The molecule has 0 unspecified atom stereocenters. The number of hydrogen-bond acceptors (Lipinski definition) is 5. The van der Waals surface area contributed by atoms with Crippen molar-refractivity contribution in [3.63, 3.8) is 0 Å². The lowest BCUT2D eigenvalue weighted by atomic mass is 9.71. The first kappa shape index (κ1) is 18.0. The van der Waals surface area contributed by atoms with Gasteiger partial charge in [0.25, 0.3) is 0 Å². The van der Waals surface area contributed by atoms with E-state index < -0.39 is 0 Å². The number of nitriles is 1. The van der Waals surface area contributed by atoms with Gasteiger partial charge in [-0.15, -0.1) is 11.3 Å². The van der Waals surface area contributed by atoms with Crippen LogP contribution in [0.3, 0.4) is 0 Å². The van der Waals surface area contributed by atoms with E-state index in [1.807, 2.05) is 31.2 Å². The van der Waals surface area contributed by atoms with Crippen LogP contribution >= 0.6 is 11.3 Å². The predicted molar refractivity (Wildman–Crippen MR) is 108 cm³/mol. The molecule has 27 heavy (non-hydrogen) atoms. The molecule has 0 atom stereocenters. The molecular weight excluding hydrogens is 356 g/mol. The molecule has 2 aromatic heterocycles. The van der Waals surface area contributed by atoms with E-state index in [9.17, 15) is 10.4 Å². The number of benzene rings is 1. The van der Waals surface area contributed by atoms with Crippen molar-refractivity contribution >= 4 is 21.6 Å². The number of fused-ring (bicyclic) bond motifs is 1. The maximum absolute atomic E-state index is 9.50. The maximum Gasteiger partial charge on any atom is 0.130 e. The molecule has 1 fully saturated rings. The molecule has 0 amide bonds. The van der Waals surface area contributed by atoms with Gasteiger partial charge in [-0.2, -0.15) is 5.26 Å². The van der Waals surface area contributed by atoms with Crippen molar-refractivity contribution in [2.45, 2.75) is 39.7 Å². The molecule has 0 saturated heterocycles. The van der Waals surface area contributed by atoms with Crippen molar-refractivity contribution in [1.29, 1.82) is 5.26 Å². The van der Waals surface area contributed by atoms with Crippen molar-refractivity contribution in [1.82, 2.24) is 4.98 Å². The fraction of sp³-hybridized carbons (Fsp3) is 0.364. The van der Waals surface area contributed by atoms with Crippen LogP contribution in [0.25, 0.3) is 21.3 Å². The summed E-state index contributed by atoms with van der Waals surface area (Å²) in [5.41, 5.74) is 4.62. The highest BCUT2D eigenvalue weighted by molar-refractivity contribution is 7.19. The minimum Gasteiger partial charge on any atom is -0.492 e. The number of aryl methyl sites for hydroxylation is 1. The van der Waals surface area contributed by atoms with Gasteiger partial charge in [0, 0.05) is 27.6 Å². The van der Waals surface area contributed by atoms with Gasteiger partial charge in [-0.1, -0.05) is 13.3 Å². The molecule has 0 spiro atoms. The van der Waals surface area contributed by atoms with E-state index in [-0.39, 0.29) is 12.0 Å². The Bertz CT molecular complexity index is 1040. The average molecular weight is 378 g/mol. The molecule has 2 heterocycles. The number of pyridine rings is 1. The van der Waals surface area contributed by atoms with Gasteiger partial charge in [-0.3, -0.25) is 4.98 Å². The standard InChI is InChI=1S/C22H22N2O2S/c1-14-8-15(11-23)9-18(20(14)26-13-22(2)5-3-6-22)17-4-7-24-19-10-16(12-25)27-21(17)19/h4,7-10,25H,3,5-6,12-13H2,1-2H3. The van der Waals surface area contributed by atoms with Crippen LogP contribution in [-0.2, 0) is 6.61 Å². The Kier molecular flexibility index (Phi) is 4.63. The second-order valence-corrected chi connectivity index (χ2v) is 8.81. The molecule has 5 heteroatoms. The number of hydrogen-bond donors (Lipinski definition) is 1. The van der Waals surface area contributed by atoms with Crippen molar-refractivity contribution in [2.24, 2.45) is 5.41 Å². The number of nitrogens with zero attached hydrogens (tertiary/aromatic N) is 2. The molecule has 4 rings (SSSR count). The second kappa shape index (κ2) is 6.95. The molecule has 0 aliphatic heterocycles. The number of rotatable bonds is 5. The van der Waals surface area contributed by atoms with E-state index in [2.05, 4.69) is 18.0 Å². The van der Waals surface area contributed by atoms with E-state index in [4.69, 9.17) is 4.74 Å². The number of aromatic nitrogens is 1. The van der Waals surface area contributed by atoms with E-state index in [0.29, 0.717) is 12.2 Å². The Hall–Kier alpha value is -2.42. The highest BCUT2D eigenvalue weighted by Crippen LogP contribution is 2.44. The second-order valence-electron chi connectivity index (χ2n) is 7.68. The van der Waals surface area contributed by atoms with Crippen molar-refractivity contribution in [2.75, 3.05) is 6.61 Å². The first-order chi connectivity index (χ1) is 13.0. The Morgan fingerprint density at radius 1 is 1.30 bits per heavy atom. The fourth-order valence-electron chi connectivity index (χ4n) is 3.68. The van der Waals surface area contributed by atoms with Crippen LogP contribution in [0.1, 0.15) is 42.2 Å². The van der Waals surface area contributed by atoms with Gasteiger partial charge >= 0.3 is 0 Å². The van der Waals surface area contributed by atoms with Gasteiger partial charge in [0.1, 0.15) is 5.75 Å². The zero-order chi connectivity index (χ0) is 19.0. The predicted octanol–water partition coefficient (Wildman–Crippen LogP) is 5.20. The Labute approximate surface area is 163 Å². The van der Waals surface area contributed by atoms with E-state index in [1.165, 1.54) is 30.6 Å². The molecule has 0 radical (unpaired) electrons. The summed E-state index contributed by atoms with van der Waals surface area (Å²) < 4.78 is 7.35. The summed E-state index contributed by atoms with van der Waals surface area (Å²) in [6, 6.07) is 9.92. The van der Waals surface area contributed by atoms with Crippen molar-refractivity contribution < 1.29 is 9.84 Å². The molecule has 3 aromatic rings. The molecule has 1 aliphatic rings. The number of ether oxygens (including phenoxy) is 1. The Morgan fingerprint density at radius 2 is 2.11 bits per heavy atom. The van der Waals surface area contributed by atoms with E-state index >= 15 is 0 Å². The minimum absolute atomic E-state index is 0.000554. The molecular formula is C22H22N2O2S. The third-order valence-electron chi connectivity index (χ3n) is 5.44. The molecule has 138 valence electrons. The lowest BCUT2D eigenvalue weighted by molar-refractivity contribution is 0.0775. The summed E-state index contributed by atoms with van der Waals surface area (Å²) in [5.74, 6) is 0.841. The molecule has 4 nitrogen and oxygen atoms in total. The smallest absolute Gasteiger partial charge is 0.130 e.